The second-order valence-electron chi connectivity index (χ2n) is 4.30. The van der Waals surface area contributed by atoms with Crippen molar-refractivity contribution in [3.05, 3.63) is 33.8 Å². The van der Waals surface area contributed by atoms with Crippen molar-refractivity contribution in [2.75, 3.05) is 7.11 Å². The minimum Gasteiger partial charge on any atom is -0.467 e. The lowest BCUT2D eigenvalue weighted by Crippen LogP contribution is -2.41. The average Bonchev–Trinajstić information content (AvgIpc) is 2.40. The Kier molecular flexibility index (Phi) is 6.02. The van der Waals surface area contributed by atoms with Crippen LogP contribution in [0.25, 0.3) is 0 Å². The number of benzene rings is 1. The van der Waals surface area contributed by atoms with Gasteiger partial charge in [-0.05, 0) is 37.1 Å². The van der Waals surface area contributed by atoms with Crippen LogP contribution in [-0.2, 0) is 9.53 Å². The average molecular weight is 328 g/mol. The number of methoxy groups -OCH3 is 1. The van der Waals surface area contributed by atoms with Gasteiger partial charge in [0.1, 0.15) is 6.04 Å². The molecule has 19 heavy (non-hydrogen) atoms. The summed E-state index contributed by atoms with van der Waals surface area (Å²) in [6, 6.07) is 4.72. The van der Waals surface area contributed by atoms with Gasteiger partial charge in [0.15, 0.2) is 0 Å². The molecule has 0 aromatic heterocycles. The van der Waals surface area contributed by atoms with Crippen molar-refractivity contribution < 1.29 is 14.3 Å². The highest BCUT2D eigenvalue weighted by Gasteiger charge is 2.21. The number of ether oxygens (including phenoxy) is 1. The van der Waals surface area contributed by atoms with Crippen molar-refractivity contribution in [2.24, 2.45) is 0 Å². The molecule has 1 aromatic rings. The molecule has 0 saturated carbocycles. The molecular weight excluding hydrogens is 310 g/mol. The molecule has 0 heterocycles. The van der Waals surface area contributed by atoms with Gasteiger partial charge in [-0.2, -0.15) is 0 Å². The lowest BCUT2D eigenvalue weighted by Gasteiger charge is -2.16. The summed E-state index contributed by atoms with van der Waals surface area (Å²) in [5, 5.41) is 2.70. The second-order valence-corrected chi connectivity index (χ2v) is 5.16. The molecular formula is C14H18BrNO3. The van der Waals surface area contributed by atoms with E-state index >= 15 is 0 Å². The molecule has 0 saturated heterocycles. The molecule has 1 unspecified atom stereocenters. The summed E-state index contributed by atoms with van der Waals surface area (Å²) in [5.74, 6) is -0.677. The Morgan fingerprint density at radius 1 is 1.42 bits per heavy atom. The van der Waals surface area contributed by atoms with Gasteiger partial charge in [-0.3, -0.25) is 4.79 Å². The van der Waals surface area contributed by atoms with Crippen LogP contribution >= 0.6 is 15.9 Å². The first-order chi connectivity index (χ1) is 8.99. The highest BCUT2D eigenvalue weighted by atomic mass is 79.9. The zero-order valence-corrected chi connectivity index (χ0v) is 12.9. The topological polar surface area (TPSA) is 55.4 Å². The number of amides is 1. The molecule has 0 bridgehead atoms. The zero-order valence-electron chi connectivity index (χ0n) is 11.3. The quantitative estimate of drug-likeness (QED) is 0.846. The van der Waals surface area contributed by atoms with Gasteiger partial charge in [-0.1, -0.05) is 29.3 Å². The minimum atomic E-state index is -0.591. The summed E-state index contributed by atoms with van der Waals surface area (Å²) in [6.07, 6.45) is 1.35. The Morgan fingerprint density at radius 3 is 2.63 bits per heavy atom. The number of nitrogens with one attached hydrogen (secondary N) is 1. The van der Waals surface area contributed by atoms with Gasteiger partial charge in [-0.15, -0.1) is 0 Å². The van der Waals surface area contributed by atoms with E-state index in [-0.39, 0.29) is 5.91 Å². The fourth-order valence-corrected chi connectivity index (χ4v) is 1.95. The van der Waals surface area contributed by atoms with Crippen molar-refractivity contribution in [1.29, 1.82) is 0 Å². The van der Waals surface area contributed by atoms with Crippen molar-refractivity contribution in [1.82, 2.24) is 5.32 Å². The van der Waals surface area contributed by atoms with E-state index in [1.807, 2.05) is 19.9 Å². The van der Waals surface area contributed by atoms with Gasteiger partial charge >= 0.3 is 5.97 Å². The third kappa shape index (κ3) is 4.35. The van der Waals surface area contributed by atoms with Crippen molar-refractivity contribution in [3.8, 4) is 0 Å². The van der Waals surface area contributed by atoms with Crippen molar-refractivity contribution in [2.45, 2.75) is 32.7 Å². The fourth-order valence-electron chi connectivity index (χ4n) is 1.71. The molecule has 1 amide bonds. The van der Waals surface area contributed by atoms with E-state index in [9.17, 15) is 9.59 Å². The van der Waals surface area contributed by atoms with Crippen LogP contribution < -0.4 is 5.32 Å². The van der Waals surface area contributed by atoms with E-state index in [0.29, 0.717) is 12.0 Å². The van der Waals surface area contributed by atoms with Gasteiger partial charge in [0, 0.05) is 10.0 Å². The van der Waals surface area contributed by atoms with Crippen LogP contribution in [-0.4, -0.2) is 25.0 Å². The summed E-state index contributed by atoms with van der Waals surface area (Å²) >= 11 is 3.38. The predicted octanol–water partition coefficient (Wildman–Crippen LogP) is 2.83. The Labute approximate surface area is 121 Å². The maximum Gasteiger partial charge on any atom is 0.328 e. The fraction of sp³-hybridized carbons (Fsp3) is 0.429. The number of hydrogen-bond donors (Lipinski definition) is 1. The standard InChI is InChI=1S/C14H18BrNO3/c1-4-5-12(14(18)19-3)16-13(17)10-6-7-11(15)9(2)8-10/h6-8,12H,4-5H2,1-3H3,(H,16,17). The van der Waals surface area contributed by atoms with Crippen LogP contribution in [0, 0.1) is 6.92 Å². The van der Waals surface area contributed by atoms with Crippen LogP contribution in [0.5, 0.6) is 0 Å². The van der Waals surface area contributed by atoms with Gasteiger partial charge in [0.25, 0.3) is 5.91 Å². The lowest BCUT2D eigenvalue weighted by molar-refractivity contribution is -0.143. The normalized spacial score (nSPS) is 11.8. The summed E-state index contributed by atoms with van der Waals surface area (Å²) < 4.78 is 5.63. The van der Waals surface area contributed by atoms with Crippen molar-refractivity contribution in [3.63, 3.8) is 0 Å². The first-order valence-corrected chi connectivity index (χ1v) is 6.93. The monoisotopic (exact) mass is 327 g/mol. The maximum absolute atomic E-state index is 12.1. The molecule has 1 rings (SSSR count). The van der Waals surface area contributed by atoms with E-state index < -0.39 is 12.0 Å². The number of carbonyl (C=O) groups excluding carboxylic acids is 2. The Hall–Kier alpha value is -1.36. The van der Waals surface area contributed by atoms with E-state index in [1.165, 1.54) is 7.11 Å². The summed E-state index contributed by atoms with van der Waals surface area (Å²) in [7, 11) is 1.32. The first-order valence-electron chi connectivity index (χ1n) is 6.14. The third-order valence-corrected chi connectivity index (χ3v) is 3.68. The summed E-state index contributed by atoms with van der Waals surface area (Å²) in [5.41, 5.74) is 1.50. The number of hydrogen-bond acceptors (Lipinski definition) is 3. The third-order valence-electron chi connectivity index (χ3n) is 2.79. The minimum absolute atomic E-state index is 0.264. The lowest BCUT2D eigenvalue weighted by atomic mass is 10.1. The van der Waals surface area contributed by atoms with Gasteiger partial charge in [-0.25, -0.2) is 4.79 Å². The summed E-state index contributed by atoms with van der Waals surface area (Å²) in [4.78, 5) is 23.6. The van der Waals surface area contributed by atoms with Gasteiger partial charge in [0.2, 0.25) is 0 Å². The molecule has 1 aromatic carbocycles. The second kappa shape index (κ2) is 7.28. The van der Waals surface area contributed by atoms with E-state index in [2.05, 4.69) is 26.0 Å². The number of aryl methyl sites for hydroxylation is 1. The number of rotatable bonds is 5. The van der Waals surface area contributed by atoms with Crippen LogP contribution in [0.3, 0.4) is 0 Å². The molecule has 1 atom stereocenters. The smallest absolute Gasteiger partial charge is 0.328 e. The SMILES string of the molecule is CCCC(NC(=O)c1ccc(Br)c(C)c1)C(=O)OC. The Bertz CT molecular complexity index is 474. The molecule has 0 radical (unpaired) electrons. The number of carbonyl (C=O) groups is 2. The van der Waals surface area contributed by atoms with Gasteiger partial charge < -0.3 is 10.1 Å². The number of halogens is 1. The molecule has 4 nitrogen and oxygen atoms in total. The van der Waals surface area contributed by atoms with Crippen LogP contribution in [0.2, 0.25) is 0 Å². The molecule has 0 fully saturated rings. The number of esters is 1. The summed E-state index contributed by atoms with van der Waals surface area (Å²) in [6.45, 7) is 3.86. The van der Waals surface area contributed by atoms with E-state index in [1.54, 1.807) is 12.1 Å². The highest BCUT2D eigenvalue weighted by molar-refractivity contribution is 9.10. The highest BCUT2D eigenvalue weighted by Crippen LogP contribution is 2.17. The molecule has 104 valence electrons. The van der Waals surface area contributed by atoms with Crippen LogP contribution in [0.1, 0.15) is 35.7 Å². The van der Waals surface area contributed by atoms with Crippen LogP contribution in [0.15, 0.2) is 22.7 Å². The molecule has 5 heteroatoms. The molecule has 0 aliphatic rings. The Morgan fingerprint density at radius 2 is 2.11 bits per heavy atom. The molecule has 0 aliphatic carbocycles. The van der Waals surface area contributed by atoms with Gasteiger partial charge in [0.05, 0.1) is 7.11 Å². The first kappa shape index (κ1) is 15.7. The Balaban J connectivity index is 2.81. The largest absolute Gasteiger partial charge is 0.467 e. The van der Waals surface area contributed by atoms with E-state index in [4.69, 9.17) is 0 Å². The molecule has 0 aliphatic heterocycles. The van der Waals surface area contributed by atoms with E-state index in [0.717, 1.165) is 16.5 Å². The zero-order chi connectivity index (χ0) is 14.4. The molecule has 1 N–H and O–H groups in total. The molecule has 0 spiro atoms. The van der Waals surface area contributed by atoms with Crippen LogP contribution in [0.4, 0.5) is 0 Å². The maximum atomic E-state index is 12.1. The van der Waals surface area contributed by atoms with Crippen molar-refractivity contribution >= 4 is 27.8 Å². The predicted molar refractivity (Wildman–Crippen MR) is 77.1 cm³/mol.